The molecule has 0 spiro atoms. The minimum Gasteiger partial charge on any atom is -0.367 e. The van der Waals surface area contributed by atoms with Gasteiger partial charge in [-0.05, 0) is 30.7 Å². The summed E-state index contributed by atoms with van der Waals surface area (Å²) in [7, 11) is -3.73. The number of para-hydroxylation sites is 2. The molecule has 7 heteroatoms. The molecular formula is C19H24N4O2S. The van der Waals surface area contributed by atoms with E-state index in [2.05, 4.69) is 26.9 Å². The van der Waals surface area contributed by atoms with Crippen LogP contribution in [0.5, 0.6) is 0 Å². The van der Waals surface area contributed by atoms with Crippen molar-refractivity contribution in [2.75, 3.05) is 16.6 Å². The summed E-state index contributed by atoms with van der Waals surface area (Å²) in [6.07, 6.45) is 1.98. The quantitative estimate of drug-likeness (QED) is 0.605. The number of nitrogens with zero attached hydrogens (tertiary/aromatic N) is 2. The van der Waals surface area contributed by atoms with E-state index >= 15 is 0 Å². The fourth-order valence-corrected chi connectivity index (χ4v) is 3.39. The molecule has 0 aliphatic carbocycles. The Kier molecular flexibility index (Phi) is 6.52. The number of anilines is 2. The fraction of sp³-hybridized carbons (Fsp3) is 0.263. The first kappa shape index (κ1) is 19.7. The first-order chi connectivity index (χ1) is 12.1. The predicted molar refractivity (Wildman–Crippen MR) is 107 cm³/mol. The van der Waals surface area contributed by atoms with Crippen LogP contribution in [-0.4, -0.2) is 24.9 Å². The van der Waals surface area contributed by atoms with E-state index in [1.54, 1.807) is 36.4 Å². The summed E-state index contributed by atoms with van der Waals surface area (Å²) in [5.41, 5.74) is 1.35. The third-order valence-corrected chi connectivity index (χ3v) is 5.03. The van der Waals surface area contributed by atoms with E-state index in [9.17, 15) is 8.42 Å². The standard InChI is InChI=1S/C18H20N4O2S.CH4/c1-2-3-13-19-17-18(21-16-12-8-7-11-15(16)20-17)22-25(23,24)14-9-5-4-6-10-14;/h4-12H,2-3,13H2,1H3,(H,19,20)(H,21,22);1H4. The van der Waals surface area contributed by atoms with Crippen molar-refractivity contribution in [2.45, 2.75) is 32.1 Å². The van der Waals surface area contributed by atoms with E-state index in [4.69, 9.17) is 0 Å². The average molecular weight is 372 g/mol. The monoisotopic (exact) mass is 372 g/mol. The number of unbranched alkanes of at least 4 members (excludes halogenated alkanes) is 1. The molecule has 3 aromatic rings. The maximum atomic E-state index is 12.6. The lowest BCUT2D eigenvalue weighted by molar-refractivity contribution is 0.601. The SMILES string of the molecule is C.CCCCNc1nc2ccccc2nc1NS(=O)(=O)c1ccccc1. The molecule has 1 aromatic heterocycles. The second-order valence-electron chi connectivity index (χ2n) is 5.61. The lowest BCUT2D eigenvalue weighted by Gasteiger charge is -2.13. The van der Waals surface area contributed by atoms with E-state index in [1.165, 1.54) is 0 Å². The summed E-state index contributed by atoms with van der Waals surface area (Å²) >= 11 is 0. The number of rotatable bonds is 7. The molecule has 0 aliphatic heterocycles. The Hall–Kier alpha value is -2.67. The Labute approximate surface area is 154 Å². The van der Waals surface area contributed by atoms with Crippen LogP contribution in [-0.2, 0) is 10.0 Å². The van der Waals surface area contributed by atoms with E-state index in [0.29, 0.717) is 23.4 Å². The fourth-order valence-electron chi connectivity index (χ4n) is 2.36. The third-order valence-electron chi connectivity index (χ3n) is 3.68. The van der Waals surface area contributed by atoms with Gasteiger partial charge < -0.3 is 5.32 Å². The topological polar surface area (TPSA) is 84.0 Å². The molecular weight excluding hydrogens is 348 g/mol. The van der Waals surface area contributed by atoms with Crippen LogP contribution in [0, 0.1) is 0 Å². The predicted octanol–water partition coefficient (Wildman–Crippen LogP) is 4.28. The van der Waals surface area contributed by atoms with Gasteiger partial charge in [0.25, 0.3) is 10.0 Å². The normalized spacial score (nSPS) is 11.0. The van der Waals surface area contributed by atoms with Crippen molar-refractivity contribution in [3.8, 4) is 0 Å². The van der Waals surface area contributed by atoms with Gasteiger partial charge in [0.15, 0.2) is 11.6 Å². The number of benzene rings is 2. The van der Waals surface area contributed by atoms with Crippen LogP contribution >= 0.6 is 0 Å². The van der Waals surface area contributed by atoms with Crippen LogP contribution in [0.25, 0.3) is 11.0 Å². The van der Waals surface area contributed by atoms with Gasteiger partial charge >= 0.3 is 0 Å². The van der Waals surface area contributed by atoms with E-state index in [0.717, 1.165) is 12.8 Å². The lowest BCUT2D eigenvalue weighted by atomic mass is 10.3. The first-order valence-corrected chi connectivity index (χ1v) is 9.67. The van der Waals surface area contributed by atoms with E-state index in [1.807, 2.05) is 18.2 Å². The summed E-state index contributed by atoms with van der Waals surface area (Å²) in [6.45, 7) is 2.79. The molecule has 0 saturated carbocycles. The molecule has 1 heterocycles. The zero-order valence-corrected chi connectivity index (χ0v) is 14.8. The Morgan fingerprint density at radius 1 is 0.885 bits per heavy atom. The molecule has 0 aliphatic rings. The number of nitrogens with one attached hydrogen (secondary N) is 2. The van der Waals surface area contributed by atoms with Crippen molar-refractivity contribution in [3.05, 3.63) is 54.6 Å². The van der Waals surface area contributed by atoms with E-state index < -0.39 is 10.0 Å². The number of aromatic nitrogens is 2. The number of fused-ring (bicyclic) bond motifs is 1. The van der Waals surface area contributed by atoms with Crippen LogP contribution in [0.4, 0.5) is 11.6 Å². The molecule has 2 aromatic carbocycles. The van der Waals surface area contributed by atoms with Crippen molar-refractivity contribution in [2.24, 2.45) is 0 Å². The maximum Gasteiger partial charge on any atom is 0.263 e. The Morgan fingerprint density at radius 2 is 1.46 bits per heavy atom. The molecule has 0 unspecified atom stereocenters. The van der Waals surface area contributed by atoms with Gasteiger partial charge in [0.2, 0.25) is 0 Å². The summed E-state index contributed by atoms with van der Waals surface area (Å²) in [6, 6.07) is 15.6. The Bertz CT molecular complexity index is 960. The highest BCUT2D eigenvalue weighted by molar-refractivity contribution is 7.92. The van der Waals surface area contributed by atoms with E-state index in [-0.39, 0.29) is 18.1 Å². The summed E-state index contributed by atoms with van der Waals surface area (Å²) < 4.78 is 27.8. The van der Waals surface area contributed by atoms with Gasteiger partial charge in [-0.3, -0.25) is 4.72 Å². The highest BCUT2D eigenvalue weighted by Crippen LogP contribution is 2.24. The van der Waals surface area contributed by atoms with Gasteiger partial charge in [-0.2, -0.15) is 0 Å². The van der Waals surface area contributed by atoms with Crippen LogP contribution in [0.3, 0.4) is 0 Å². The Morgan fingerprint density at radius 3 is 2.08 bits per heavy atom. The van der Waals surface area contributed by atoms with Gasteiger partial charge in [0.05, 0.1) is 15.9 Å². The summed E-state index contributed by atoms with van der Waals surface area (Å²) in [5, 5.41) is 3.18. The van der Waals surface area contributed by atoms with Crippen molar-refractivity contribution >= 4 is 32.7 Å². The second kappa shape index (κ2) is 8.62. The average Bonchev–Trinajstić information content (AvgIpc) is 2.63. The van der Waals surface area contributed by atoms with Crippen LogP contribution < -0.4 is 10.0 Å². The highest BCUT2D eigenvalue weighted by atomic mass is 32.2. The maximum absolute atomic E-state index is 12.6. The molecule has 138 valence electrons. The van der Waals surface area contributed by atoms with Crippen LogP contribution in [0.15, 0.2) is 59.5 Å². The third kappa shape index (κ3) is 4.49. The van der Waals surface area contributed by atoms with Gasteiger partial charge in [0.1, 0.15) is 0 Å². The van der Waals surface area contributed by atoms with Crippen molar-refractivity contribution in [3.63, 3.8) is 0 Å². The smallest absolute Gasteiger partial charge is 0.263 e. The molecule has 26 heavy (non-hydrogen) atoms. The van der Waals surface area contributed by atoms with Gasteiger partial charge in [-0.15, -0.1) is 0 Å². The lowest BCUT2D eigenvalue weighted by Crippen LogP contribution is -2.17. The minimum absolute atomic E-state index is 0. The molecule has 6 nitrogen and oxygen atoms in total. The molecule has 0 atom stereocenters. The van der Waals surface area contributed by atoms with Crippen molar-refractivity contribution in [1.82, 2.24) is 9.97 Å². The second-order valence-corrected chi connectivity index (χ2v) is 7.29. The van der Waals surface area contributed by atoms with Gasteiger partial charge in [-0.25, -0.2) is 18.4 Å². The first-order valence-electron chi connectivity index (χ1n) is 8.18. The molecule has 0 saturated heterocycles. The summed E-state index contributed by atoms with van der Waals surface area (Å²) in [5.74, 6) is 0.644. The zero-order chi connectivity index (χ0) is 17.7. The summed E-state index contributed by atoms with van der Waals surface area (Å²) in [4.78, 5) is 9.16. The molecule has 0 bridgehead atoms. The van der Waals surface area contributed by atoms with Crippen molar-refractivity contribution in [1.29, 1.82) is 0 Å². The molecule has 3 rings (SSSR count). The van der Waals surface area contributed by atoms with Gasteiger partial charge in [-0.1, -0.05) is 51.1 Å². The molecule has 2 N–H and O–H groups in total. The van der Waals surface area contributed by atoms with Crippen LogP contribution in [0.1, 0.15) is 27.2 Å². The number of sulfonamides is 1. The van der Waals surface area contributed by atoms with Crippen molar-refractivity contribution < 1.29 is 8.42 Å². The van der Waals surface area contributed by atoms with Crippen LogP contribution in [0.2, 0.25) is 0 Å². The Balaban J connectivity index is 0.00000243. The molecule has 0 radical (unpaired) electrons. The highest BCUT2D eigenvalue weighted by Gasteiger charge is 2.18. The minimum atomic E-state index is -3.73. The molecule has 0 fully saturated rings. The zero-order valence-electron chi connectivity index (χ0n) is 13.9. The van der Waals surface area contributed by atoms with Gasteiger partial charge in [0, 0.05) is 6.54 Å². The number of hydrogen-bond acceptors (Lipinski definition) is 5. The number of hydrogen-bond donors (Lipinski definition) is 2. The largest absolute Gasteiger partial charge is 0.367 e. The molecule has 0 amide bonds.